The van der Waals surface area contributed by atoms with Crippen molar-refractivity contribution >= 4 is 23.2 Å². The van der Waals surface area contributed by atoms with E-state index in [2.05, 4.69) is 36.5 Å². The maximum Gasteiger partial charge on any atom is 0.180 e. The molecule has 0 saturated carbocycles. The van der Waals surface area contributed by atoms with Crippen LogP contribution in [-0.2, 0) is 19.6 Å². The normalized spacial score (nSPS) is 11.9. The fraction of sp³-hybridized carbons (Fsp3) is 0.308. The Morgan fingerprint density at radius 1 is 0.871 bits per heavy atom. The molecule has 0 aliphatic carbocycles. The lowest BCUT2D eigenvalue weighted by Crippen LogP contribution is -2.26. The monoisotopic (exact) mass is 457 g/mol. The van der Waals surface area contributed by atoms with Gasteiger partial charge >= 0.3 is 0 Å². The molecule has 1 N–H and O–H groups in total. The van der Waals surface area contributed by atoms with Gasteiger partial charge in [-0.3, -0.25) is 0 Å². The quantitative estimate of drug-likeness (QED) is 0.333. The zero-order chi connectivity index (χ0) is 22.1. The van der Waals surface area contributed by atoms with Crippen LogP contribution in [0.5, 0.6) is 11.5 Å². The minimum atomic E-state index is 0.385. The van der Waals surface area contributed by atoms with Gasteiger partial charge in [-0.05, 0) is 67.6 Å². The third-order valence-corrected chi connectivity index (χ3v) is 5.56. The van der Waals surface area contributed by atoms with Gasteiger partial charge in [-0.2, -0.15) is 0 Å². The number of aryl methyl sites for hydroxylation is 1. The smallest absolute Gasteiger partial charge is 0.180 e. The molecule has 1 unspecified atom stereocenters. The molecule has 0 bridgehead atoms. The summed E-state index contributed by atoms with van der Waals surface area (Å²) in [6, 6.07) is 22.5. The lowest BCUT2D eigenvalue weighted by Gasteiger charge is -2.17. The fourth-order valence-corrected chi connectivity index (χ4v) is 3.70. The second-order valence-electron chi connectivity index (χ2n) is 7.56. The second-order valence-corrected chi connectivity index (χ2v) is 8.40. The van der Waals surface area contributed by atoms with Crippen molar-refractivity contribution in [2.75, 3.05) is 6.61 Å². The molecule has 0 saturated heterocycles. The summed E-state index contributed by atoms with van der Waals surface area (Å²) in [5, 5.41) is 4.83. The molecular weight excluding hydrogens is 429 g/mol. The van der Waals surface area contributed by atoms with Crippen molar-refractivity contribution in [2.45, 2.75) is 45.9 Å². The molecule has 0 aliphatic heterocycles. The molecule has 0 fully saturated rings. The summed E-state index contributed by atoms with van der Waals surface area (Å²) < 4.78 is 11.8. The maximum atomic E-state index is 6.56. The summed E-state index contributed by atoms with van der Waals surface area (Å²) >= 11 is 12.5. The molecule has 0 spiro atoms. The molecule has 0 amide bonds. The number of ether oxygens (including phenoxy) is 2. The number of halogens is 2. The van der Waals surface area contributed by atoms with Crippen LogP contribution in [0.2, 0.25) is 10.0 Å². The average Bonchev–Trinajstić information content (AvgIpc) is 2.78. The van der Waals surface area contributed by atoms with Crippen LogP contribution in [0.25, 0.3) is 0 Å². The van der Waals surface area contributed by atoms with Gasteiger partial charge in [-0.15, -0.1) is 0 Å². The van der Waals surface area contributed by atoms with Gasteiger partial charge in [0.2, 0.25) is 0 Å². The summed E-state index contributed by atoms with van der Waals surface area (Å²) in [5.41, 5.74) is 3.44. The predicted molar refractivity (Wildman–Crippen MR) is 129 cm³/mol. The first-order valence-corrected chi connectivity index (χ1v) is 11.4. The summed E-state index contributed by atoms with van der Waals surface area (Å²) in [6.45, 7) is 5.81. The average molecular weight is 458 g/mol. The van der Waals surface area contributed by atoms with Gasteiger partial charge in [-0.1, -0.05) is 65.7 Å². The summed E-state index contributed by atoms with van der Waals surface area (Å²) in [6.07, 6.45) is 2.12. The van der Waals surface area contributed by atoms with Crippen LogP contribution in [-0.4, -0.2) is 12.6 Å². The zero-order valence-corrected chi connectivity index (χ0v) is 19.5. The van der Waals surface area contributed by atoms with E-state index in [1.165, 1.54) is 5.56 Å². The van der Waals surface area contributed by atoms with Crippen molar-refractivity contribution in [1.29, 1.82) is 0 Å². The number of hydrogen-bond donors (Lipinski definition) is 1. The van der Waals surface area contributed by atoms with E-state index in [0.29, 0.717) is 47.3 Å². The van der Waals surface area contributed by atoms with E-state index in [1.54, 1.807) is 0 Å². The Morgan fingerprint density at radius 3 is 2.32 bits per heavy atom. The summed E-state index contributed by atoms with van der Waals surface area (Å²) in [7, 11) is 0. The van der Waals surface area contributed by atoms with Gasteiger partial charge < -0.3 is 14.8 Å². The largest absolute Gasteiger partial charge is 0.490 e. The van der Waals surface area contributed by atoms with Crippen LogP contribution in [0.15, 0.2) is 66.7 Å². The molecule has 3 nitrogen and oxygen atoms in total. The van der Waals surface area contributed by atoms with Crippen molar-refractivity contribution in [1.82, 2.24) is 5.32 Å². The lowest BCUT2D eigenvalue weighted by atomic mass is 10.1. The highest BCUT2D eigenvalue weighted by atomic mass is 35.5. The van der Waals surface area contributed by atoms with E-state index < -0.39 is 0 Å². The second kappa shape index (κ2) is 12.0. The van der Waals surface area contributed by atoms with Gasteiger partial charge in [0, 0.05) is 17.6 Å². The van der Waals surface area contributed by atoms with Gasteiger partial charge in [-0.25, -0.2) is 0 Å². The maximum absolute atomic E-state index is 6.56. The predicted octanol–water partition coefficient (Wildman–Crippen LogP) is 7.08. The topological polar surface area (TPSA) is 30.5 Å². The van der Waals surface area contributed by atoms with E-state index in [9.17, 15) is 0 Å². The molecule has 31 heavy (non-hydrogen) atoms. The van der Waals surface area contributed by atoms with Crippen LogP contribution < -0.4 is 14.8 Å². The van der Waals surface area contributed by atoms with Gasteiger partial charge in [0.1, 0.15) is 6.61 Å². The minimum Gasteiger partial charge on any atom is -0.490 e. The number of rotatable bonds is 11. The third kappa shape index (κ3) is 7.46. The molecule has 5 heteroatoms. The molecule has 0 heterocycles. The van der Waals surface area contributed by atoms with Gasteiger partial charge in [0.15, 0.2) is 11.5 Å². The van der Waals surface area contributed by atoms with E-state index in [4.69, 9.17) is 32.7 Å². The summed E-state index contributed by atoms with van der Waals surface area (Å²) in [4.78, 5) is 0. The fourth-order valence-electron chi connectivity index (χ4n) is 3.28. The Hall–Kier alpha value is -2.20. The lowest BCUT2D eigenvalue weighted by molar-refractivity contribution is 0.269. The highest BCUT2D eigenvalue weighted by Crippen LogP contribution is 2.37. The van der Waals surface area contributed by atoms with Gasteiger partial charge in [0.25, 0.3) is 0 Å². The van der Waals surface area contributed by atoms with Crippen molar-refractivity contribution in [2.24, 2.45) is 0 Å². The van der Waals surface area contributed by atoms with Crippen molar-refractivity contribution in [3.8, 4) is 11.5 Å². The zero-order valence-electron chi connectivity index (χ0n) is 18.0. The highest BCUT2D eigenvalue weighted by molar-refractivity contribution is 6.32. The first kappa shape index (κ1) is 23.5. The SMILES string of the molecule is CCOc1cc(CNC(C)CCc2ccccc2)cc(Cl)c1OCc1ccc(Cl)cc1. The molecule has 3 aromatic rings. The Bertz CT molecular complexity index is 946. The van der Waals surface area contributed by atoms with E-state index in [0.717, 1.165) is 24.0 Å². The standard InChI is InChI=1S/C26H29Cl2NO2/c1-3-30-25-16-22(17-29-19(2)9-10-20-7-5-4-6-8-20)15-24(28)26(25)31-18-21-11-13-23(27)14-12-21/h4-8,11-16,19,29H,3,9-10,17-18H2,1-2H3. The van der Waals surface area contributed by atoms with Crippen LogP contribution >= 0.6 is 23.2 Å². The van der Waals surface area contributed by atoms with Gasteiger partial charge in [0.05, 0.1) is 11.6 Å². The molecule has 1 atom stereocenters. The Kier molecular flexibility index (Phi) is 9.08. The van der Waals surface area contributed by atoms with E-state index in [1.807, 2.05) is 49.4 Å². The molecule has 0 aliphatic rings. The summed E-state index contributed by atoms with van der Waals surface area (Å²) in [5.74, 6) is 1.23. The van der Waals surface area contributed by atoms with Crippen LogP contribution in [0.1, 0.15) is 37.0 Å². The minimum absolute atomic E-state index is 0.385. The van der Waals surface area contributed by atoms with Crippen molar-refractivity contribution < 1.29 is 9.47 Å². The molecule has 3 aromatic carbocycles. The molecule has 3 rings (SSSR count). The molecule has 0 aromatic heterocycles. The molecule has 0 radical (unpaired) electrons. The first-order chi connectivity index (χ1) is 15.0. The third-order valence-electron chi connectivity index (χ3n) is 5.03. The highest BCUT2D eigenvalue weighted by Gasteiger charge is 2.14. The Labute approximate surface area is 195 Å². The Balaban J connectivity index is 1.60. The van der Waals surface area contributed by atoms with E-state index >= 15 is 0 Å². The van der Waals surface area contributed by atoms with Crippen molar-refractivity contribution in [3.63, 3.8) is 0 Å². The number of hydrogen-bond acceptors (Lipinski definition) is 3. The molecular formula is C26H29Cl2NO2. The van der Waals surface area contributed by atoms with E-state index in [-0.39, 0.29) is 0 Å². The first-order valence-electron chi connectivity index (χ1n) is 10.6. The molecule has 164 valence electrons. The van der Waals surface area contributed by atoms with Crippen LogP contribution in [0.3, 0.4) is 0 Å². The number of nitrogens with one attached hydrogen (secondary N) is 1. The number of benzene rings is 3. The van der Waals surface area contributed by atoms with Crippen molar-refractivity contribution in [3.05, 3.63) is 93.5 Å². The van der Waals surface area contributed by atoms with Crippen LogP contribution in [0.4, 0.5) is 0 Å². The Morgan fingerprint density at radius 2 is 1.61 bits per heavy atom. The van der Waals surface area contributed by atoms with Crippen LogP contribution in [0, 0.1) is 0 Å².